The molecule has 0 atom stereocenters. The summed E-state index contributed by atoms with van der Waals surface area (Å²) in [6.45, 7) is -0.731. The molecule has 1 aliphatic rings. The predicted molar refractivity (Wildman–Crippen MR) is 90.1 cm³/mol. The van der Waals surface area contributed by atoms with Crippen LogP contribution in [0.25, 0.3) is 0 Å². The molecule has 0 fully saturated rings. The lowest BCUT2D eigenvalue weighted by atomic mass is 10.1. The third-order valence-corrected chi connectivity index (χ3v) is 3.89. The van der Waals surface area contributed by atoms with Gasteiger partial charge in [-0.05, 0) is 18.2 Å². The molecule has 142 valence electrons. The van der Waals surface area contributed by atoms with E-state index in [0.717, 1.165) is 36.4 Å². The number of fused-ring (bicyclic) bond motifs is 1. The number of hydrogen-bond donors (Lipinski definition) is 1. The quantitative estimate of drug-likeness (QED) is 0.466. The smallest absolute Gasteiger partial charge is 0.306 e. The van der Waals surface area contributed by atoms with Crippen LogP contribution in [0.2, 0.25) is 0 Å². The number of rotatable bonds is 5. The highest BCUT2D eigenvalue weighted by Crippen LogP contribution is 2.27. The summed E-state index contributed by atoms with van der Waals surface area (Å²) in [5.74, 6) is -3.66. The predicted octanol–water partition coefficient (Wildman–Crippen LogP) is 1.88. The van der Waals surface area contributed by atoms with Gasteiger partial charge < -0.3 is 5.32 Å². The Morgan fingerprint density at radius 1 is 1.00 bits per heavy atom. The summed E-state index contributed by atoms with van der Waals surface area (Å²) >= 11 is 0. The summed E-state index contributed by atoms with van der Waals surface area (Å²) in [6, 6.07) is 5.77. The van der Waals surface area contributed by atoms with E-state index in [1.807, 2.05) is 0 Å². The van der Waals surface area contributed by atoms with Crippen molar-refractivity contribution >= 4 is 34.8 Å². The van der Waals surface area contributed by atoms with Crippen molar-refractivity contribution in [2.45, 2.75) is 0 Å². The van der Waals surface area contributed by atoms with Gasteiger partial charge in [-0.15, -0.1) is 0 Å². The number of anilines is 1. The number of hydrogen-bond acceptors (Lipinski definition) is 7. The minimum Gasteiger partial charge on any atom is -0.324 e. The van der Waals surface area contributed by atoms with E-state index in [9.17, 15) is 39.0 Å². The van der Waals surface area contributed by atoms with Gasteiger partial charge >= 0.3 is 5.69 Å². The lowest BCUT2D eigenvalue weighted by Crippen LogP contribution is -2.37. The van der Waals surface area contributed by atoms with Crippen molar-refractivity contribution in [1.82, 2.24) is 4.90 Å². The number of nitro groups is 2. The molecule has 0 aromatic heterocycles. The first-order valence-corrected chi connectivity index (χ1v) is 7.57. The van der Waals surface area contributed by atoms with Gasteiger partial charge in [0.2, 0.25) is 11.7 Å². The first-order chi connectivity index (χ1) is 13.2. The Morgan fingerprint density at radius 2 is 1.68 bits per heavy atom. The fourth-order valence-corrected chi connectivity index (χ4v) is 2.61. The van der Waals surface area contributed by atoms with E-state index in [-0.39, 0.29) is 22.5 Å². The van der Waals surface area contributed by atoms with Crippen LogP contribution in [0.4, 0.5) is 21.5 Å². The molecule has 12 heteroatoms. The van der Waals surface area contributed by atoms with Crippen molar-refractivity contribution in [3.63, 3.8) is 0 Å². The van der Waals surface area contributed by atoms with Crippen molar-refractivity contribution in [2.24, 2.45) is 0 Å². The Kier molecular flexibility index (Phi) is 4.53. The van der Waals surface area contributed by atoms with E-state index >= 15 is 0 Å². The maximum atomic E-state index is 13.3. The molecule has 0 spiro atoms. The molecule has 0 radical (unpaired) electrons. The van der Waals surface area contributed by atoms with E-state index in [1.54, 1.807) is 0 Å². The molecule has 1 N–H and O–H groups in total. The Labute approximate surface area is 154 Å². The SMILES string of the molecule is O=C(CN1C(=O)c2ccc([N+](=O)[O-])cc2C1=O)Nc1ccc(F)c([N+](=O)[O-])c1. The summed E-state index contributed by atoms with van der Waals surface area (Å²) in [7, 11) is 0. The third kappa shape index (κ3) is 3.25. The molecule has 3 amide bonds. The van der Waals surface area contributed by atoms with Crippen LogP contribution in [0.1, 0.15) is 20.7 Å². The number of nitrogens with zero attached hydrogens (tertiary/aromatic N) is 3. The zero-order chi connectivity index (χ0) is 20.6. The fraction of sp³-hybridized carbons (Fsp3) is 0.0625. The minimum atomic E-state index is -1.09. The van der Waals surface area contributed by atoms with Gasteiger partial charge in [0.1, 0.15) is 6.54 Å². The van der Waals surface area contributed by atoms with Gasteiger partial charge in [-0.25, -0.2) is 0 Å². The van der Waals surface area contributed by atoms with Crippen LogP contribution < -0.4 is 5.32 Å². The number of benzene rings is 2. The first kappa shape index (κ1) is 18.6. The normalized spacial score (nSPS) is 12.7. The zero-order valence-electron chi connectivity index (χ0n) is 13.7. The highest BCUT2D eigenvalue weighted by atomic mass is 19.1. The monoisotopic (exact) mass is 388 g/mol. The highest BCUT2D eigenvalue weighted by molar-refractivity contribution is 6.23. The summed E-state index contributed by atoms with van der Waals surface area (Å²) in [6.07, 6.45) is 0. The molecule has 3 rings (SSSR count). The second kappa shape index (κ2) is 6.83. The molecule has 0 saturated heterocycles. The number of imide groups is 1. The molecule has 0 saturated carbocycles. The molecule has 0 aliphatic carbocycles. The minimum absolute atomic E-state index is 0.0826. The van der Waals surface area contributed by atoms with Gasteiger partial charge in [0, 0.05) is 23.9 Å². The van der Waals surface area contributed by atoms with Gasteiger partial charge in [0.15, 0.2) is 0 Å². The number of nitro benzene ring substituents is 2. The number of nitrogens with one attached hydrogen (secondary N) is 1. The Hall–Kier alpha value is -4.22. The standard InChI is InChI=1S/C16H9FN4O7/c17-12-4-1-8(5-13(12)21(27)28)18-14(22)7-19-15(23)10-3-2-9(20(25)26)6-11(10)16(19)24/h1-6H,7H2,(H,18,22). The summed E-state index contributed by atoms with van der Waals surface area (Å²) < 4.78 is 13.3. The number of amides is 3. The first-order valence-electron chi connectivity index (χ1n) is 7.57. The van der Waals surface area contributed by atoms with Crippen molar-refractivity contribution in [1.29, 1.82) is 0 Å². The van der Waals surface area contributed by atoms with Crippen LogP contribution in [0.3, 0.4) is 0 Å². The van der Waals surface area contributed by atoms with Gasteiger partial charge in [0.25, 0.3) is 17.5 Å². The Balaban J connectivity index is 1.77. The average Bonchev–Trinajstić information content (AvgIpc) is 2.87. The zero-order valence-corrected chi connectivity index (χ0v) is 13.7. The van der Waals surface area contributed by atoms with E-state index in [0.29, 0.717) is 4.90 Å². The maximum Gasteiger partial charge on any atom is 0.306 e. The molecule has 2 aromatic carbocycles. The van der Waals surface area contributed by atoms with Crippen molar-refractivity contribution in [3.8, 4) is 0 Å². The van der Waals surface area contributed by atoms with Crippen molar-refractivity contribution in [2.75, 3.05) is 11.9 Å². The van der Waals surface area contributed by atoms with Gasteiger partial charge in [-0.3, -0.25) is 39.5 Å². The van der Waals surface area contributed by atoms with E-state index < -0.39 is 45.6 Å². The van der Waals surface area contributed by atoms with E-state index in [4.69, 9.17) is 0 Å². The molecular formula is C16H9FN4O7. The van der Waals surface area contributed by atoms with Crippen LogP contribution in [0, 0.1) is 26.0 Å². The van der Waals surface area contributed by atoms with Crippen LogP contribution in [0.15, 0.2) is 36.4 Å². The van der Waals surface area contributed by atoms with Gasteiger partial charge in [-0.1, -0.05) is 0 Å². The fourth-order valence-electron chi connectivity index (χ4n) is 2.61. The molecular weight excluding hydrogens is 379 g/mol. The molecule has 0 bridgehead atoms. The van der Waals surface area contributed by atoms with Crippen LogP contribution in [-0.2, 0) is 4.79 Å². The Morgan fingerprint density at radius 3 is 2.32 bits per heavy atom. The Bertz CT molecular complexity index is 1070. The summed E-state index contributed by atoms with van der Waals surface area (Å²) in [5, 5.41) is 23.8. The molecule has 28 heavy (non-hydrogen) atoms. The lowest BCUT2D eigenvalue weighted by molar-refractivity contribution is -0.387. The van der Waals surface area contributed by atoms with Crippen LogP contribution >= 0.6 is 0 Å². The molecule has 1 aliphatic heterocycles. The summed E-state index contributed by atoms with van der Waals surface area (Å²) in [5.41, 5.74) is -1.63. The van der Waals surface area contributed by atoms with Crippen LogP contribution in [0.5, 0.6) is 0 Å². The second-order valence-electron chi connectivity index (χ2n) is 5.65. The third-order valence-electron chi connectivity index (χ3n) is 3.89. The molecule has 0 unspecified atom stereocenters. The second-order valence-corrected chi connectivity index (χ2v) is 5.65. The van der Waals surface area contributed by atoms with Gasteiger partial charge in [0.05, 0.1) is 21.0 Å². The topological polar surface area (TPSA) is 153 Å². The maximum absolute atomic E-state index is 13.3. The van der Waals surface area contributed by atoms with E-state index in [1.165, 1.54) is 0 Å². The van der Waals surface area contributed by atoms with Gasteiger partial charge in [-0.2, -0.15) is 4.39 Å². The molecule has 11 nitrogen and oxygen atoms in total. The molecule has 2 aromatic rings. The molecule has 1 heterocycles. The number of carbonyl (C=O) groups is 3. The lowest BCUT2D eigenvalue weighted by Gasteiger charge is -2.13. The van der Waals surface area contributed by atoms with E-state index in [2.05, 4.69) is 5.32 Å². The summed E-state index contributed by atoms with van der Waals surface area (Å²) in [4.78, 5) is 57.2. The largest absolute Gasteiger partial charge is 0.324 e. The number of carbonyl (C=O) groups excluding carboxylic acids is 3. The number of halogens is 1. The van der Waals surface area contributed by atoms with Crippen molar-refractivity contribution < 1.29 is 28.6 Å². The van der Waals surface area contributed by atoms with Crippen LogP contribution in [-0.4, -0.2) is 39.0 Å². The highest BCUT2D eigenvalue weighted by Gasteiger charge is 2.37. The average molecular weight is 388 g/mol. The van der Waals surface area contributed by atoms with Crippen molar-refractivity contribution in [3.05, 3.63) is 73.6 Å². The number of non-ortho nitro benzene ring substituents is 1.